The predicted octanol–water partition coefficient (Wildman–Crippen LogP) is 1.06. The summed E-state index contributed by atoms with van der Waals surface area (Å²) in [5.41, 5.74) is 1.86. The summed E-state index contributed by atoms with van der Waals surface area (Å²) in [6.07, 6.45) is -0.157. The molecule has 0 aliphatic heterocycles. The maximum absolute atomic E-state index is 12.0. The molecule has 0 fully saturated rings. The number of carbonyl (C=O) groups excluding carboxylic acids is 1. The van der Waals surface area contributed by atoms with E-state index >= 15 is 0 Å². The van der Waals surface area contributed by atoms with E-state index in [0.29, 0.717) is 12.2 Å². The Morgan fingerprint density at radius 2 is 1.76 bits per heavy atom. The first-order chi connectivity index (χ1) is 12.2. The second kappa shape index (κ2) is 8.16. The molecule has 1 amide bonds. The fourth-order valence-electron chi connectivity index (χ4n) is 2.39. The van der Waals surface area contributed by atoms with Crippen LogP contribution < -0.4 is 5.32 Å². The highest BCUT2D eigenvalue weighted by Gasteiger charge is 2.11. The zero-order valence-electron chi connectivity index (χ0n) is 13.6. The van der Waals surface area contributed by atoms with Gasteiger partial charge in [-0.25, -0.2) is 0 Å². The molecule has 2 N–H and O–H groups in total. The number of carbonyl (C=O) groups is 1. The van der Waals surface area contributed by atoms with Crippen LogP contribution in [-0.4, -0.2) is 43.9 Å². The van der Waals surface area contributed by atoms with Gasteiger partial charge >= 0.3 is 0 Å². The minimum absolute atomic E-state index is 0.0438. The molecule has 128 valence electrons. The standard InChI is InChI=1S/C18H19N5O2/c24-16(11-14-7-3-1-4-8-14)12-19-17(25)13-23-21-18(20-22-23)15-9-5-2-6-10-15/h1-10,16,24H,11-13H2,(H,19,25). The number of benzene rings is 2. The molecule has 0 saturated heterocycles. The van der Waals surface area contributed by atoms with Crippen molar-refractivity contribution >= 4 is 5.91 Å². The number of amides is 1. The summed E-state index contributed by atoms with van der Waals surface area (Å²) >= 11 is 0. The Morgan fingerprint density at radius 3 is 2.48 bits per heavy atom. The van der Waals surface area contributed by atoms with Gasteiger partial charge in [-0.05, 0) is 10.8 Å². The molecule has 0 aliphatic rings. The van der Waals surface area contributed by atoms with Gasteiger partial charge in [0.05, 0.1) is 6.10 Å². The minimum atomic E-state index is -0.644. The molecule has 0 spiro atoms. The normalized spacial score (nSPS) is 11.9. The van der Waals surface area contributed by atoms with E-state index in [2.05, 4.69) is 20.7 Å². The van der Waals surface area contributed by atoms with Crippen molar-refractivity contribution in [1.29, 1.82) is 0 Å². The quantitative estimate of drug-likeness (QED) is 0.672. The summed E-state index contributed by atoms with van der Waals surface area (Å²) in [7, 11) is 0. The number of aliphatic hydroxyl groups excluding tert-OH is 1. The van der Waals surface area contributed by atoms with Crippen molar-refractivity contribution in [2.75, 3.05) is 6.54 Å². The summed E-state index contributed by atoms with van der Waals surface area (Å²) < 4.78 is 0. The van der Waals surface area contributed by atoms with E-state index in [-0.39, 0.29) is 19.0 Å². The van der Waals surface area contributed by atoms with E-state index < -0.39 is 6.10 Å². The summed E-state index contributed by atoms with van der Waals surface area (Å²) in [4.78, 5) is 13.2. The highest BCUT2D eigenvalue weighted by Crippen LogP contribution is 2.11. The lowest BCUT2D eigenvalue weighted by Crippen LogP contribution is -2.35. The Kier molecular flexibility index (Phi) is 5.48. The van der Waals surface area contributed by atoms with E-state index in [9.17, 15) is 9.90 Å². The van der Waals surface area contributed by atoms with Gasteiger partial charge in [-0.1, -0.05) is 60.7 Å². The smallest absolute Gasteiger partial charge is 0.243 e. The molecule has 0 radical (unpaired) electrons. The van der Waals surface area contributed by atoms with Gasteiger partial charge in [-0.15, -0.1) is 10.2 Å². The average Bonchev–Trinajstić information content (AvgIpc) is 3.10. The molecule has 1 unspecified atom stereocenters. The number of hydrogen-bond donors (Lipinski definition) is 2. The monoisotopic (exact) mass is 337 g/mol. The first-order valence-corrected chi connectivity index (χ1v) is 8.02. The molecule has 7 heteroatoms. The summed E-state index contributed by atoms with van der Waals surface area (Å²) in [6.45, 7) is 0.131. The first kappa shape index (κ1) is 16.8. The van der Waals surface area contributed by atoms with E-state index in [1.165, 1.54) is 4.80 Å². The van der Waals surface area contributed by atoms with E-state index in [1.807, 2.05) is 60.7 Å². The maximum atomic E-state index is 12.0. The number of aliphatic hydroxyl groups is 1. The molecular weight excluding hydrogens is 318 g/mol. The molecule has 1 heterocycles. The van der Waals surface area contributed by atoms with Crippen LogP contribution in [0.25, 0.3) is 11.4 Å². The molecule has 0 saturated carbocycles. The second-order valence-corrected chi connectivity index (χ2v) is 5.66. The highest BCUT2D eigenvalue weighted by atomic mass is 16.3. The fourth-order valence-corrected chi connectivity index (χ4v) is 2.39. The predicted molar refractivity (Wildman–Crippen MR) is 92.4 cm³/mol. The van der Waals surface area contributed by atoms with Gasteiger partial charge < -0.3 is 10.4 Å². The van der Waals surface area contributed by atoms with Crippen molar-refractivity contribution in [2.24, 2.45) is 0 Å². The van der Waals surface area contributed by atoms with Gasteiger partial charge in [0.2, 0.25) is 11.7 Å². The summed E-state index contributed by atoms with van der Waals surface area (Å²) in [5, 5.41) is 24.7. The molecule has 3 rings (SSSR count). The third-order valence-corrected chi connectivity index (χ3v) is 3.62. The highest BCUT2D eigenvalue weighted by molar-refractivity contribution is 5.75. The molecule has 25 heavy (non-hydrogen) atoms. The summed E-state index contributed by atoms with van der Waals surface area (Å²) in [5.74, 6) is 0.196. The molecule has 1 atom stereocenters. The van der Waals surface area contributed by atoms with Gasteiger partial charge in [-0.3, -0.25) is 4.79 Å². The zero-order chi connectivity index (χ0) is 17.5. The van der Waals surface area contributed by atoms with Gasteiger partial charge in [0.15, 0.2) is 0 Å². The Labute approximate surface area is 145 Å². The summed E-state index contributed by atoms with van der Waals surface area (Å²) in [6, 6.07) is 19.1. The lowest BCUT2D eigenvalue weighted by atomic mass is 10.1. The average molecular weight is 337 g/mol. The number of rotatable bonds is 7. The van der Waals surface area contributed by atoms with Gasteiger partial charge in [0, 0.05) is 18.5 Å². The van der Waals surface area contributed by atoms with Crippen LogP contribution in [0.4, 0.5) is 0 Å². The topological polar surface area (TPSA) is 92.9 Å². The number of aromatic nitrogens is 4. The van der Waals surface area contributed by atoms with Crippen LogP contribution in [0, 0.1) is 0 Å². The van der Waals surface area contributed by atoms with Crippen LogP contribution in [0.3, 0.4) is 0 Å². The molecule has 2 aromatic carbocycles. The van der Waals surface area contributed by atoms with Crippen molar-refractivity contribution in [3.05, 3.63) is 66.2 Å². The van der Waals surface area contributed by atoms with Crippen LogP contribution in [0.5, 0.6) is 0 Å². The third-order valence-electron chi connectivity index (χ3n) is 3.62. The van der Waals surface area contributed by atoms with E-state index in [4.69, 9.17) is 0 Å². The van der Waals surface area contributed by atoms with E-state index in [0.717, 1.165) is 11.1 Å². The Bertz CT molecular complexity index is 805. The van der Waals surface area contributed by atoms with Crippen molar-refractivity contribution in [3.8, 4) is 11.4 Å². The van der Waals surface area contributed by atoms with Crippen molar-refractivity contribution in [2.45, 2.75) is 19.1 Å². The van der Waals surface area contributed by atoms with Crippen molar-refractivity contribution < 1.29 is 9.90 Å². The molecule has 3 aromatic rings. The molecule has 7 nitrogen and oxygen atoms in total. The Morgan fingerprint density at radius 1 is 1.08 bits per heavy atom. The van der Waals surface area contributed by atoms with Crippen molar-refractivity contribution in [3.63, 3.8) is 0 Å². The number of tetrazole rings is 1. The Hall–Kier alpha value is -3.06. The molecule has 0 bridgehead atoms. The first-order valence-electron chi connectivity index (χ1n) is 8.02. The van der Waals surface area contributed by atoms with Gasteiger partial charge in [-0.2, -0.15) is 4.80 Å². The second-order valence-electron chi connectivity index (χ2n) is 5.66. The lowest BCUT2D eigenvalue weighted by Gasteiger charge is -2.11. The van der Waals surface area contributed by atoms with Gasteiger partial charge in [0.25, 0.3) is 0 Å². The molecular formula is C18H19N5O2. The SMILES string of the molecule is O=C(Cn1nnc(-c2ccccc2)n1)NCC(O)Cc1ccccc1. The van der Waals surface area contributed by atoms with Crippen LogP contribution in [0.2, 0.25) is 0 Å². The van der Waals surface area contributed by atoms with Gasteiger partial charge in [0.1, 0.15) is 6.54 Å². The maximum Gasteiger partial charge on any atom is 0.243 e. The largest absolute Gasteiger partial charge is 0.391 e. The number of nitrogens with one attached hydrogen (secondary N) is 1. The van der Waals surface area contributed by atoms with Crippen LogP contribution in [-0.2, 0) is 17.8 Å². The third kappa shape index (κ3) is 4.95. The van der Waals surface area contributed by atoms with Crippen LogP contribution in [0.1, 0.15) is 5.56 Å². The zero-order valence-corrected chi connectivity index (χ0v) is 13.6. The number of hydrogen-bond acceptors (Lipinski definition) is 5. The fraction of sp³-hybridized carbons (Fsp3) is 0.222. The van der Waals surface area contributed by atoms with Crippen LogP contribution in [0.15, 0.2) is 60.7 Å². The van der Waals surface area contributed by atoms with E-state index in [1.54, 1.807) is 0 Å². The number of nitrogens with zero attached hydrogens (tertiary/aromatic N) is 4. The Balaban J connectivity index is 1.47. The molecule has 0 aliphatic carbocycles. The van der Waals surface area contributed by atoms with Crippen LogP contribution >= 0.6 is 0 Å². The minimum Gasteiger partial charge on any atom is -0.391 e. The lowest BCUT2D eigenvalue weighted by molar-refractivity contribution is -0.122. The molecule has 1 aromatic heterocycles. The van der Waals surface area contributed by atoms with Crippen molar-refractivity contribution in [1.82, 2.24) is 25.5 Å².